The molecule has 0 aliphatic rings. The Kier molecular flexibility index (Phi) is 15.2. The number of hydrogen-bond donors (Lipinski definition) is 5. The van der Waals surface area contributed by atoms with E-state index >= 15 is 0 Å². The smallest absolute Gasteiger partial charge is 0.351 e. The summed E-state index contributed by atoms with van der Waals surface area (Å²) in [6.07, 6.45) is 8.70. The first kappa shape index (κ1) is 26.9. The fourth-order valence-corrected chi connectivity index (χ4v) is 2.87. The fraction of sp³-hybridized carbons (Fsp3) is 0.900. The molecule has 0 aromatic heterocycles. The highest BCUT2D eigenvalue weighted by Crippen LogP contribution is 2.20. The predicted octanol–water partition coefficient (Wildman–Crippen LogP) is 1.19. The Morgan fingerprint density at radius 2 is 1.32 bits per heavy atom. The zero-order valence-corrected chi connectivity index (χ0v) is 17.0. The van der Waals surface area contributed by atoms with Crippen molar-refractivity contribution in [2.45, 2.75) is 102 Å². The van der Waals surface area contributed by atoms with E-state index in [0.717, 1.165) is 25.7 Å². The van der Waals surface area contributed by atoms with Gasteiger partial charge in [-0.15, -0.1) is 0 Å². The Labute approximate surface area is 167 Å². The highest BCUT2D eigenvalue weighted by Gasteiger charge is 2.45. The molecular weight excluding hydrogens is 368 g/mol. The average molecular weight is 407 g/mol. The lowest BCUT2D eigenvalue weighted by Gasteiger charge is -2.28. The molecule has 0 spiro atoms. The third-order valence-corrected chi connectivity index (χ3v) is 4.87. The Hall–Kier alpha value is -1.06. The summed E-state index contributed by atoms with van der Waals surface area (Å²) in [5.41, 5.74) is -2.65. The van der Waals surface area contributed by atoms with Crippen LogP contribution in [-0.2, 0) is 14.3 Å². The fourth-order valence-electron chi connectivity index (χ4n) is 2.87. The molecular formula is C20H38O8. The van der Waals surface area contributed by atoms with Gasteiger partial charge in [-0.25, -0.2) is 9.59 Å². The van der Waals surface area contributed by atoms with Gasteiger partial charge in [0.25, 0.3) is 0 Å². The molecule has 0 rings (SSSR count). The number of esters is 2. The molecule has 3 atom stereocenters. The summed E-state index contributed by atoms with van der Waals surface area (Å²) in [7, 11) is 0. The molecule has 5 N–H and O–H groups in total. The largest absolute Gasteiger partial charge is 0.393 e. The highest BCUT2D eigenvalue weighted by molar-refractivity contribution is 5.92. The van der Waals surface area contributed by atoms with Gasteiger partial charge in [0.15, 0.2) is 6.10 Å². The Morgan fingerprint density at radius 1 is 0.857 bits per heavy atom. The zero-order chi connectivity index (χ0) is 21.4. The second-order valence-electron chi connectivity index (χ2n) is 7.33. The number of aliphatic hydroxyl groups excluding tert-OH is 4. The van der Waals surface area contributed by atoms with Gasteiger partial charge >= 0.3 is 11.9 Å². The SMILES string of the molecule is CCCCCCCCCCCCCC(O)C(O)(CO)C(=O)OC(=O)C(O)CO. The van der Waals surface area contributed by atoms with Crippen LogP contribution in [0, 0.1) is 0 Å². The quantitative estimate of drug-likeness (QED) is 0.138. The van der Waals surface area contributed by atoms with Gasteiger partial charge in [-0.1, -0.05) is 77.6 Å². The summed E-state index contributed by atoms with van der Waals surface area (Å²) in [5.74, 6) is -3.01. The van der Waals surface area contributed by atoms with Crippen LogP contribution in [0.2, 0.25) is 0 Å². The number of rotatable bonds is 17. The topological polar surface area (TPSA) is 145 Å². The Morgan fingerprint density at radius 3 is 1.75 bits per heavy atom. The van der Waals surface area contributed by atoms with E-state index in [1.165, 1.54) is 38.5 Å². The van der Waals surface area contributed by atoms with Crippen molar-refractivity contribution in [2.75, 3.05) is 13.2 Å². The number of unbranched alkanes of at least 4 members (excludes halogenated alkanes) is 10. The van der Waals surface area contributed by atoms with Crippen molar-refractivity contribution in [2.24, 2.45) is 0 Å². The van der Waals surface area contributed by atoms with Crippen molar-refractivity contribution in [1.29, 1.82) is 0 Å². The van der Waals surface area contributed by atoms with Crippen molar-refractivity contribution < 1.29 is 39.9 Å². The van der Waals surface area contributed by atoms with Crippen molar-refractivity contribution in [1.82, 2.24) is 0 Å². The Bertz CT molecular complexity index is 428. The van der Waals surface area contributed by atoms with Crippen LogP contribution >= 0.6 is 0 Å². The van der Waals surface area contributed by atoms with Crippen molar-refractivity contribution in [3.05, 3.63) is 0 Å². The van der Waals surface area contributed by atoms with E-state index < -0.39 is 43.0 Å². The molecule has 0 saturated carbocycles. The van der Waals surface area contributed by atoms with Gasteiger partial charge in [-0.05, 0) is 6.42 Å². The van der Waals surface area contributed by atoms with Crippen LogP contribution in [0.5, 0.6) is 0 Å². The normalized spacial score (nSPS) is 15.6. The summed E-state index contributed by atoms with van der Waals surface area (Å²) in [6.45, 7) is 0.112. The third-order valence-electron chi connectivity index (χ3n) is 4.87. The van der Waals surface area contributed by atoms with E-state index in [0.29, 0.717) is 6.42 Å². The van der Waals surface area contributed by atoms with Crippen LogP contribution in [-0.4, -0.2) is 68.5 Å². The molecule has 0 radical (unpaired) electrons. The minimum absolute atomic E-state index is 0.0555. The lowest BCUT2D eigenvalue weighted by molar-refractivity contribution is -0.193. The van der Waals surface area contributed by atoms with Gasteiger partial charge in [0, 0.05) is 0 Å². The van der Waals surface area contributed by atoms with Gasteiger partial charge in [-0.3, -0.25) is 0 Å². The van der Waals surface area contributed by atoms with Crippen molar-refractivity contribution in [3.63, 3.8) is 0 Å². The first-order valence-electron chi connectivity index (χ1n) is 10.4. The minimum Gasteiger partial charge on any atom is -0.393 e. The number of ether oxygens (including phenoxy) is 1. The van der Waals surface area contributed by atoms with E-state index in [1.807, 2.05) is 0 Å². The zero-order valence-electron chi connectivity index (χ0n) is 17.0. The number of carbonyl (C=O) groups is 2. The second kappa shape index (κ2) is 15.8. The van der Waals surface area contributed by atoms with Gasteiger partial charge in [-0.2, -0.15) is 0 Å². The third kappa shape index (κ3) is 10.5. The number of hydrogen-bond acceptors (Lipinski definition) is 8. The van der Waals surface area contributed by atoms with Gasteiger partial charge in [0.2, 0.25) is 5.60 Å². The molecule has 0 heterocycles. The first-order chi connectivity index (χ1) is 13.3. The second-order valence-corrected chi connectivity index (χ2v) is 7.33. The molecule has 3 unspecified atom stereocenters. The van der Waals surface area contributed by atoms with E-state index in [2.05, 4.69) is 11.7 Å². The standard InChI is InChI=1S/C20H38O8/c1-2-3-4-5-6-7-8-9-10-11-12-13-17(24)20(27,15-22)19(26)28-18(25)16(23)14-21/h16-17,21-24,27H,2-15H2,1H3. The minimum atomic E-state index is -2.65. The number of carbonyl (C=O) groups excluding carboxylic acids is 2. The molecule has 0 saturated heterocycles. The number of aliphatic hydroxyl groups is 5. The van der Waals surface area contributed by atoms with Gasteiger partial charge in [0.05, 0.1) is 19.3 Å². The maximum absolute atomic E-state index is 11.9. The van der Waals surface area contributed by atoms with Crippen molar-refractivity contribution in [3.8, 4) is 0 Å². The highest BCUT2D eigenvalue weighted by atomic mass is 16.6. The van der Waals surface area contributed by atoms with Crippen LogP contribution in [0.3, 0.4) is 0 Å². The molecule has 0 aromatic rings. The molecule has 0 aliphatic carbocycles. The van der Waals surface area contributed by atoms with Crippen LogP contribution in [0.4, 0.5) is 0 Å². The van der Waals surface area contributed by atoms with E-state index in [-0.39, 0.29) is 6.42 Å². The summed E-state index contributed by atoms with van der Waals surface area (Å²) in [4.78, 5) is 23.2. The summed E-state index contributed by atoms with van der Waals surface area (Å²) < 4.78 is 4.23. The molecule has 8 heteroatoms. The molecule has 8 nitrogen and oxygen atoms in total. The van der Waals surface area contributed by atoms with Gasteiger partial charge in [0.1, 0.15) is 0 Å². The van der Waals surface area contributed by atoms with Crippen LogP contribution < -0.4 is 0 Å². The summed E-state index contributed by atoms with van der Waals surface area (Å²) in [5, 5.41) is 47.2. The summed E-state index contributed by atoms with van der Waals surface area (Å²) >= 11 is 0. The van der Waals surface area contributed by atoms with Crippen LogP contribution in [0.1, 0.15) is 84.0 Å². The molecule has 0 aliphatic heterocycles. The maximum Gasteiger partial charge on any atom is 0.351 e. The monoisotopic (exact) mass is 406 g/mol. The lowest BCUT2D eigenvalue weighted by Crippen LogP contribution is -2.54. The maximum atomic E-state index is 11.9. The van der Waals surface area contributed by atoms with Crippen LogP contribution in [0.25, 0.3) is 0 Å². The molecule has 166 valence electrons. The Balaban J connectivity index is 4.05. The lowest BCUT2D eigenvalue weighted by atomic mass is 9.93. The molecule has 0 fully saturated rings. The van der Waals surface area contributed by atoms with Crippen molar-refractivity contribution >= 4 is 11.9 Å². The van der Waals surface area contributed by atoms with Gasteiger partial charge < -0.3 is 30.3 Å². The first-order valence-corrected chi connectivity index (χ1v) is 10.4. The molecule has 0 aromatic carbocycles. The predicted molar refractivity (Wildman–Crippen MR) is 103 cm³/mol. The van der Waals surface area contributed by atoms with E-state index in [9.17, 15) is 24.9 Å². The molecule has 0 bridgehead atoms. The molecule has 28 heavy (non-hydrogen) atoms. The molecule has 0 amide bonds. The summed E-state index contributed by atoms with van der Waals surface area (Å²) in [6, 6.07) is 0. The average Bonchev–Trinajstić information content (AvgIpc) is 2.70. The van der Waals surface area contributed by atoms with E-state index in [1.54, 1.807) is 0 Å². The van der Waals surface area contributed by atoms with E-state index in [4.69, 9.17) is 10.2 Å². The van der Waals surface area contributed by atoms with Crippen LogP contribution in [0.15, 0.2) is 0 Å².